The molecule has 2 atom stereocenters. The molecule has 0 radical (unpaired) electrons. The van der Waals surface area contributed by atoms with E-state index in [9.17, 15) is 9.90 Å². The van der Waals surface area contributed by atoms with E-state index in [1.54, 1.807) is 24.3 Å². The summed E-state index contributed by atoms with van der Waals surface area (Å²) in [7, 11) is 0. The number of rotatable bonds is 8. The van der Waals surface area contributed by atoms with Crippen LogP contribution in [-0.4, -0.2) is 30.1 Å². The Kier molecular flexibility index (Phi) is 6.79. The number of nitrogens with one attached hydrogen (secondary N) is 1. The number of carbonyl (C=O) groups is 1. The molecule has 0 aromatic heterocycles. The van der Waals surface area contributed by atoms with Gasteiger partial charge in [0, 0.05) is 23.2 Å². The minimum Gasteiger partial charge on any atom is -0.491 e. The van der Waals surface area contributed by atoms with Crippen LogP contribution in [0.1, 0.15) is 35.8 Å². The van der Waals surface area contributed by atoms with Gasteiger partial charge in [0.2, 0.25) is 0 Å². The number of carbonyl (C=O) groups excluding carboxylic acids is 1. The van der Waals surface area contributed by atoms with Crippen LogP contribution in [0, 0.1) is 0 Å². The number of benzene rings is 2. The molecular weight excluding hydrogens is 326 g/mol. The molecule has 2 N–H and O–H groups in total. The fraction of sp³-hybridized carbons (Fsp3) is 0.316. The number of aliphatic hydroxyl groups is 1. The number of Topliss-reactive ketones (excluding diaryl/α,β-unsaturated/α-hetero) is 1. The minimum absolute atomic E-state index is 0.0157. The second-order valence-corrected chi connectivity index (χ2v) is 6.17. The summed E-state index contributed by atoms with van der Waals surface area (Å²) < 4.78 is 5.55. The zero-order valence-corrected chi connectivity index (χ0v) is 14.6. The molecule has 2 aromatic rings. The number of aliphatic hydroxyl groups excluding tert-OH is 1. The molecule has 0 amide bonds. The molecule has 0 saturated carbocycles. The van der Waals surface area contributed by atoms with Gasteiger partial charge in [-0.15, -0.1) is 0 Å². The van der Waals surface area contributed by atoms with Crippen LogP contribution in [0.2, 0.25) is 5.02 Å². The van der Waals surface area contributed by atoms with Crippen molar-refractivity contribution < 1.29 is 14.6 Å². The fourth-order valence-electron chi connectivity index (χ4n) is 2.26. The third-order valence-electron chi connectivity index (χ3n) is 3.69. The van der Waals surface area contributed by atoms with Gasteiger partial charge < -0.3 is 15.2 Å². The fourth-order valence-corrected chi connectivity index (χ4v) is 2.46. The Bertz CT molecular complexity index is 690. The lowest BCUT2D eigenvalue weighted by molar-refractivity contribution is 0.101. The molecule has 0 bridgehead atoms. The van der Waals surface area contributed by atoms with E-state index in [0.29, 0.717) is 22.9 Å². The second-order valence-electron chi connectivity index (χ2n) is 5.73. The molecule has 0 heterocycles. The lowest BCUT2D eigenvalue weighted by Gasteiger charge is -2.18. The van der Waals surface area contributed by atoms with E-state index in [0.717, 1.165) is 5.56 Å². The number of halogens is 1. The van der Waals surface area contributed by atoms with Gasteiger partial charge in [-0.05, 0) is 43.7 Å². The molecule has 0 spiro atoms. The monoisotopic (exact) mass is 347 g/mol. The molecule has 4 nitrogen and oxygen atoms in total. The number of ketones is 1. The Morgan fingerprint density at radius 3 is 2.71 bits per heavy atom. The highest BCUT2D eigenvalue weighted by atomic mass is 35.5. The summed E-state index contributed by atoms with van der Waals surface area (Å²) >= 11 is 5.98. The van der Waals surface area contributed by atoms with Gasteiger partial charge in [-0.25, -0.2) is 0 Å². The van der Waals surface area contributed by atoms with Crippen molar-refractivity contribution in [2.75, 3.05) is 13.2 Å². The molecule has 5 heteroatoms. The summed E-state index contributed by atoms with van der Waals surface area (Å²) in [4.78, 5) is 11.3. The van der Waals surface area contributed by atoms with E-state index < -0.39 is 6.10 Å². The summed E-state index contributed by atoms with van der Waals surface area (Å²) in [6.07, 6.45) is -0.660. The highest BCUT2D eigenvalue weighted by Crippen LogP contribution is 2.17. The average Bonchev–Trinajstić information content (AvgIpc) is 2.58. The Morgan fingerprint density at radius 2 is 2.00 bits per heavy atom. The smallest absolute Gasteiger partial charge is 0.159 e. The average molecular weight is 348 g/mol. The molecule has 2 aromatic carbocycles. The third-order valence-corrected chi connectivity index (χ3v) is 3.93. The first-order valence-electron chi connectivity index (χ1n) is 7.86. The molecule has 2 unspecified atom stereocenters. The lowest BCUT2D eigenvalue weighted by Crippen LogP contribution is -2.33. The van der Waals surface area contributed by atoms with Gasteiger partial charge in [-0.2, -0.15) is 0 Å². The van der Waals surface area contributed by atoms with Crippen molar-refractivity contribution in [1.82, 2.24) is 5.32 Å². The summed E-state index contributed by atoms with van der Waals surface area (Å²) in [6.45, 7) is 4.06. The van der Waals surface area contributed by atoms with Crippen molar-refractivity contribution >= 4 is 17.4 Å². The van der Waals surface area contributed by atoms with Crippen molar-refractivity contribution in [3.8, 4) is 5.75 Å². The highest BCUT2D eigenvalue weighted by molar-refractivity contribution is 6.30. The summed E-state index contributed by atoms with van der Waals surface area (Å²) in [5.74, 6) is 0.558. The van der Waals surface area contributed by atoms with Crippen LogP contribution in [0.25, 0.3) is 0 Å². The quantitative estimate of drug-likeness (QED) is 0.716. The largest absolute Gasteiger partial charge is 0.491 e. The van der Waals surface area contributed by atoms with Crippen molar-refractivity contribution in [2.45, 2.75) is 26.0 Å². The van der Waals surface area contributed by atoms with Gasteiger partial charge in [-0.1, -0.05) is 35.9 Å². The van der Waals surface area contributed by atoms with E-state index >= 15 is 0 Å². The van der Waals surface area contributed by atoms with Crippen LogP contribution in [0.3, 0.4) is 0 Å². The molecule has 0 aliphatic rings. The zero-order chi connectivity index (χ0) is 17.5. The van der Waals surface area contributed by atoms with Gasteiger partial charge in [0.1, 0.15) is 18.5 Å². The number of hydrogen-bond donors (Lipinski definition) is 2. The maximum atomic E-state index is 11.3. The standard InChI is InChI=1S/C19H22ClNO3/c1-13(15-5-3-7-17(20)9-15)21-11-18(23)12-24-19-8-4-6-16(10-19)14(2)22/h3-10,13,18,21,23H,11-12H2,1-2H3. The van der Waals surface area contributed by atoms with Crippen molar-refractivity contribution in [1.29, 1.82) is 0 Å². The summed E-state index contributed by atoms with van der Waals surface area (Å²) in [5.41, 5.74) is 1.65. The Labute approximate surface area is 147 Å². The predicted molar refractivity (Wildman–Crippen MR) is 95.8 cm³/mol. The first kappa shape index (κ1) is 18.5. The topological polar surface area (TPSA) is 58.6 Å². The SMILES string of the molecule is CC(=O)c1cccc(OCC(O)CNC(C)c2cccc(Cl)c2)c1. The maximum absolute atomic E-state index is 11.3. The number of ether oxygens (including phenoxy) is 1. The van der Waals surface area contributed by atoms with Crippen LogP contribution in [0.5, 0.6) is 5.75 Å². The van der Waals surface area contributed by atoms with Gasteiger partial charge in [0.05, 0.1) is 0 Å². The van der Waals surface area contributed by atoms with E-state index in [2.05, 4.69) is 5.32 Å². The Morgan fingerprint density at radius 1 is 1.25 bits per heavy atom. The van der Waals surface area contributed by atoms with Crippen LogP contribution < -0.4 is 10.1 Å². The first-order chi connectivity index (χ1) is 11.5. The predicted octanol–water partition coefficient (Wildman–Crippen LogP) is 3.63. The normalized spacial score (nSPS) is 13.3. The lowest BCUT2D eigenvalue weighted by atomic mass is 10.1. The van der Waals surface area contributed by atoms with E-state index in [1.807, 2.05) is 31.2 Å². The van der Waals surface area contributed by atoms with Crippen molar-refractivity contribution in [3.63, 3.8) is 0 Å². The van der Waals surface area contributed by atoms with Gasteiger partial charge in [-0.3, -0.25) is 4.79 Å². The first-order valence-corrected chi connectivity index (χ1v) is 8.24. The summed E-state index contributed by atoms with van der Waals surface area (Å²) in [6, 6.07) is 14.6. The van der Waals surface area contributed by atoms with Crippen LogP contribution in [0.15, 0.2) is 48.5 Å². The van der Waals surface area contributed by atoms with Gasteiger partial charge in [0.15, 0.2) is 5.78 Å². The van der Waals surface area contributed by atoms with Gasteiger partial charge in [0.25, 0.3) is 0 Å². The maximum Gasteiger partial charge on any atom is 0.159 e. The van der Waals surface area contributed by atoms with E-state index in [1.165, 1.54) is 6.92 Å². The molecule has 0 aliphatic carbocycles. The minimum atomic E-state index is -0.660. The van der Waals surface area contributed by atoms with Gasteiger partial charge >= 0.3 is 0 Å². The molecule has 0 aliphatic heterocycles. The van der Waals surface area contributed by atoms with Crippen molar-refractivity contribution in [3.05, 3.63) is 64.7 Å². The third kappa shape index (κ3) is 5.64. The van der Waals surface area contributed by atoms with Crippen LogP contribution >= 0.6 is 11.6 Å². The van der Waals surface area contributed by atoms with Crippen LogP contribution in [0.4, 0.5) is 0 Å². The molecular formula is C19H22ClNO3. The summed E-state index contributed by atoms with van der Waals surface area (Å²) in [5, 5.41) is 14.0. The molecule has 0 saturated heterocycles. The Balaban J connectivity index is 1.80. The molecule has 128 valence electrons. The Hall–Kier alpha value is -1.88. The zero-order valence-electron chi connectivity index (χ0n) is 13.8. The highest BCUT2D eigenvalue weighted by Gasteiger charge is 2.10. The van der Waals surface area contributed by atoms with E-state index in [-0.39, 0.29) is 18.4 Å². The molecule has 24 heavy (non-hydrogen) atoms. The van der Waals surface area contributed by atoms with Crippen molar-refractivity contribution in [2.24, 2.45) is 0 Å². The van der Waals surface area contributed by atoms with E-state index in [4.69, 9.17) is 16.3 Å². The molecule has 0 fully saturated rings. The second kappa shape index (κ2) is 8.83. The molecule has 2 rings (SSSR count). The number of hydrogen-bond acceptors (Lipinski definition) is 4. The van der Waals surface area contributed by atoms with Crippen LogP contribution in [-0.2, 0) is 0 Å².